The third-order valence-corrected chi connectivity index (χ3v) is 6.19. The van der Waals surface area contributed by atoms with E-state index in [4.69, 9.17) is 4.74 Å². The van der Waals surface area contributed by atoms with Crippen molar-refractivity contribution >= 4 is 5.91 Å². The first-order valence-corrected chi connectivity index (χ1v) is 10.7. The van der Waals surface area contributed by atoms with Crippen molar-refractivity contribution in [1.82, 2.24) is 15.2 Å². The number of ether oxygens (including phenoxy) is 1. The van der Waals surface area contributed by atoms with E-state index in [9.17, 15) is 4.79 Å². The van der Waals surface area contributed by atoms with Gasteiger partial charge in [0.15, 0.2) is 0 Å². The van der Waals surface area contributed by atoms with Crippen LogP contribution in [0.2, 0.25) is 0 Å². The summed E-state index contributed by atoms with van der Waals surface area (Å²) in [5.41, 5.74) is 4.28. The maximum Gasteiger partial charge on any atom is 0.227 e. The summed E-state index contributed by atoms with van der Waals surface area (Å²) in [6.45, 7) is 2.46. The maximum atomic E-state index is 13.0. The smallest absolute Gasteiger partial charge is 0.227 e. The number of aromatic nitrogens is 1. The number of benzene rings is 2. The minimum atomic E-state index is -0.411. The average Bonchev–Trinajstić information content (AvgIpc) is 3.23. The van der Waals surface area contributed by atoms with Crippen molar-refractivity contribution in [2.45, 2.75) is 19.4 Å². The Labute approximate surface area is 184 Å². The van der Waals surface area contributed by atoms with Crippen LogP contribution in [-0.4, -0.2) is 43.0 Å². The Bertz CT molecular complexity index is 1020. The summed E-state index contributed by atoms with van der Waals surface area (Å²) in [6.07, 6.45) is 5.19. The van der Waals surface area contributed by atoms with Gasteiger partial charge in [-0.25, -0.2) is 0 Å². The van der Waals surface area contributed by atoms with Crippen LogP contribution in [0.25, 0.3) is 11.1 Å². The summed E-state index contributed by atoms with van der Waals surface area (Å²) in [4.78, 5) is 19.4. The molecule has 31 heavy (non-hydrogen) atoms. The van der Waals surface area contributed by atoms with Crippen molar-refractivity contribution in [1.29, 1.82) is 0 Å². The Kier molecular flexibility index (Phi) is 6.33. The fourth-order valence-electron chi connectivity index (χ4n) is 4.55. The summed E-state index contributed by atoms with van der Waals surface area (Å²) in [5, 5.41) is 2.92. The number of nitrogens with zero attached hydrogens (tertiary/aromatic N) is 2. The topological polar surface area (TPSA) is 54.5 Å². The molecule has 2 aromatic carbocycles. The summed E-state index contributed by atoms with van der Waals surface area (Å²) < 4.78 is 5.35. The lowest BCUT2D eigenvalue weighted by atomic mass is 9.79. The number of amides is 1. The van der Waals surface area contributed by atoms with E-state index in [2.05, 4.69) is 51.6 Å². The second-order valence-corrected chi connectivity index (χ2v) is 8.28. The lowest BCUT2D eigenvalue weighted by molar-refractivity contribution is -0.130. The zero-order valence-electron chi connectivity index (χ0n) is 18.2. The molecule has 0 bridgehead atoms. The molecular weight excluding hydrogens is 386 g/mol. The predicted molar refractivity (Wildman–Crippen MR) is 123 cm³/mol. The average molecular weight is 416 g/mol. The molecule has 0 unspecified atom stereocenters. The molecule has 1 atom stereocenters. The Hall–Kier alpha value is -3.18. The molecule has 2 heterocycles. The van der Waals surface area contributed by atoms with Crippen LogP contribution in [0.1, 0.15) is 17.5 Å². The molecule has 3 aromatic rings. The molecule has 0 saturated carbocycles. The van der Waals surface area contributed by atoms with E-state index < -0.39 is 5.41 Å². The predicted octanol–water partition coefficient (Wildman–Crippen LogP) is 3.94. The highest BCUT2D eigenvalue weighted by molar-refractivity contribution is 5.83. The summed E-state index contributed by atoms with van der Waals surface area (Å²) in [7, 11) is 3.42. The van der Waals surface area contributed by atoms with E-state index in [1.807, 2.05) is 24.3 Å². The van der Waals surface area contributed by atoms with Crippen LogP contribution >= 0.6 is 0 Å². The second kappa shape index (κ2) is 9.31. The molecule has 1 aliphatic rings. The van der Waals surface area contributed by atoms with Crippen LogP contribution in [0.3, 0.4) is 0 Å². The number of rotatable bonds is 7. The molecule has 1 saturated heterocycles. The van der Waals surface area contributed by atoms with Gasteiger partial charge in [0.05, 0.1) is 12.5 Å². The molecule has 1 amide bonds. The third kappa shape index (κ3) is 4.78. The SMILES string of the molecule is CNC(=O)[C@@]1(Cc2ccc(-c3ccncc3)cc2)CCN(Cc2cccc(OC)c2)C1. The highest BCUT2D eigenvalue weighted by Crippen LogP contribution is 2.36. The zero-order valence-corrected chi connectivity index (χ0v) is 18.2. The van der Waals surface area contributed by atoms with Crippen molar-refractivity contribution in [2.24, 2.45) is 5.41 Å². The van der Waals surface area contributed by atoms with Crippen molar-refractivity contribution < 1.29 is 9.53 Å². The Morgan fingerprint density at radius 2 is 1.81 bits per heavy atom. The Morgan fingerprint density at radius 1 is 1.06 bits per heavy atom. The number of pyridine rings is 1. The van der Waals surface area contributed by atoms with Crippen LogP contribution < -0.4 is 10.1 Å². The van der Waals surface area contributed by atoms with Gasteiger partial charge in [0.2, 0.25) is 5.91 Å². The molecule has 1 aliphatic heterocycles. The standard InChI is InChI=1S/C26H29N3O2/c1-27-25(30)26(12-15-29(19-26)18-21-4-3-5-24(16-21)31-2)17-20-6-8-22(9-7-20)23-10-13-28-14-11-23/h3-11,13-14,16H,12,15,17-19H2,1-2H3,(H,27,30)/t26-/m1/s1. The van der Waals surface area contributed by atoms with Gasteiger partial charge in [-0.2, -0.15) is 0 Å². The van der Waals surface area contributed by atoms with Crippen LogP contribution in [0.15, 0.2) is 73.1 Å². The minimum absolute atomic E-state index is 0.124. The largest absolute Gasteiger partial charge is 0.497 e. The van der Waals surface area contributed by atoms with E-state index in [0.717, 1.165) is 49.4 Å². The van der Waals surface area contributed by atoms with Crippen molar-refractivity contribution in [3.05, 3.63) is 84.2 Å². The first kappa shape index (κ1) is 21.1. The van der Waals surface area contributed by atoms with Crippen LogP contribution in [-0.2, 0) is 17.8 Å². The van der Waals surface area contributed by atoms with Gasteiger partial charge in [-0.1, -0.05) is 36.4 Å². The zero-order chi connectivity index (χ0) is 21.7. The number of carbonyl (C=O) groups is 1. The van der Waals surface area contributed by atoms with Gasteiger partial charge in [-0.05, 0) is 65.9 Å². The van der Waals surface area contributed by atoms with Gasteiger partial charge >= 0.3 is 0 Å². The highest BCUT2D eigenvalue weighted by Gasteiger charge is 2.44. The van der Waals surface area contributed by atoms with Gasteiger partial charge in [0, 0.05) is 32.5 Å². The lowest BCUT2D eigenvalue weighted by Gasteiger charge is -2.28. The molecule has 4 rings (SSSR count). The fourth-order valence-corrected chi connectivity index (χ4v) is 4.55. The molecule has 5 nitrogen and oxygen atoms in total. The van der Waals surface area contributed by atoms with Crippen LogP contribution in [0.5, 0.6) is 5.75 Å². The first-order chi connectivity index (χ1) is 15.1. The monoisotopic (exact) mass is 415 g/mol. The Morgan fingerprint density at radius 3 is 2.52 bits per heavy atom. The summed E-state index contributed by atoms with van der Waals surface area (Å²) in [5.74, 6) is 0.988. The second-order valence-electron chi connectivity index (χ2n) is 8.28. The number of nitrogens with one attached hydrogen (secondary N) is 1. The molecule has 0 spiro atoms. The van der Waals surface area contributed by atoms with E-state index in [1.54, 1.807) is 26.6 Å². The number of methoxy groups -OCH3 is 1. The number of carbonyl (C=O) groups excluding carboxylic acids is 1. The molecule has 1 N–H and O–H groups in total. The van der Waals surface area contributed by atoms with Crippen molar-refractivity contribution in [3.63, 3.8) is 0 Å². The van der Waals surface area contributed by atoms with Crippen LogP contribution in [0, 0.1) is 5.41 Å². The molecule has 5 heteroatoms. The maximum absolute atomic E-state index is 13.0. The van der Waals surface area contributed by atoms with E-state index in [0.29, 0.717) is 0 Å². The van der Waals surface area contributed by atoms with E-state index in [1.165, 1.54) is 11.1 Å². The number of likely N-dealkylation sites (tertiary alicyclic amines) is 1. The third-order valence-electron chi connectivity index (χ3n) is 6.19. The number of hydrogen-bond acceptors (Lipinski definition) is 4. The molecule has 1 fully saturated rings. The first-order valence-electron chi connectivity index (χ1n) is 10.7. The van der Waals surface area contributed by atoms with Crippen LogP contribution in [0.4, 0.5) is 0 Å². The minimum Gasteiger partial charge on any atom is -0.497 e. The van der Waals surface area contributed by atoms with Gasteiger partial charge in [0.1, 0.15) is 5.75 Å². The molecular formula is C26H29N3O2. The van der Waals surface area contributed by atoms with E-state index >= 15 is 0 Å². The molecule has 0 aliphatic carbocycles. The number of hydrogen-bond donors (Lipinski definition) is 1. The molecule has 1 aromatic heterocycles. The lowest BCUT2D eigenvalue weighted by Crippen LogP contribution is -2.43. The molecule has 0 radical (unpaired) electrons. The normalized spacial score (nSPS) is 18.6. The van der Waals surface area contributed by atoms with Gasteiger partial charge < -0.3 is 10.1 Å². The highest BCUT2D eigenvalue weighted by atomic mass is 16.5. The quantitative estimate of drug-likeness (QED) is 0.635. The summed E-state index contributed by atoms with van der Waals surface area (Å²) >= 11 is 0. The van der Waals surface area contributed by atoms with Gasteiger partial charge in [-0.3, -0.25) is 14.7 Å². The van der Waals surface area contributed by atoms with Crippen molar-refractivity contribution in [3.8, 4) is 16.9 Å². The molecule has 160 valence electrons. The fraction of sp³-hybridized carbons (Fsp3) is 0.308. The Balaban J connectivity index is 1.49. The summed E-state index contributed by atoms with van der Waals surface area (Å²) in [6, 6.07) is 20.7. The van der Waals surface area contributed by atoms with Gasteiger partial charge in [-0.15, -0.1) is 0 Å². The van der Waals surface area contributed by atoms with E-state index in [-0.39, 0.29) is 5.91 Å². The van der Waals surface area contributed by atoms with Gasteiger partial charge in [0.25, 0.3) is 0 Å². The van der Waals surface area contributed by atoms with Crippen molar-refractivity contribution in [2.75, 3.05) is 27.2 Å².